The Morgan fingerprint density at radius 1 is 1.31 bits per heavy atom. The number of methoxy groups -OCH3 is 1. The molecule has 1 aromatic rings. The molecule has 0 aliphatic carbocycles. The van der Waals surface area contributed by atoms with Crippen molar-refractivity contribution in [3.05, 3.63) is 34.9 Å². The van der Waals surface area contributed by atoms with Crippen LogP contribution in [0.25, 0.3) is 0 Å². The van der Waals surface area contributed by atoms with Crippen LogP contribution >= 0.6 is 11.6 Å². The SMILES string of the molecule is COc1cc(Cl)c(C)cc1NCC(=O)N1CCN(C/C=C/C(=O)O)CC1. The molecule has 0 spiro atoms. The highest BCUT2D eigenvalue weighted by molar-refractivity contribution is 6.31. The van der Waals surface area contributed by atoms with E-state index in [1.165, 1.54) is 0 Å². The van der Waals surface area contributed by atoms with E-state index in [0.29, 0.717) is 30.4 Å². The van der Waals surface area contributed by atoms with Crippen molar-refractivity contribution in [3.8, 4) is 5.75 Å². The molecular weight excluding hydrogens is 358 g/mol. The highest BCUT2D eigenvalue weighted by Gasteiger charge is 2.20. The van der Waals surface area contributed by atoms with Crippen LogP contribution in [0.5, 0.6) is 5.75 Å². The molecule has 1 saturated heterocycles. The fourth-order valence-electron chi connectivity index (χ4n) is 2.74. The zero-order valence-electron chi connectivity index (χ0n) is 15.0. The fraction of sp³-hybridized carbons (Fsp3) is 0.444. The van der Waals surface area contributed by atoms with Gasteiger partial charge in [-0.2, -0.15) is 0 Å². The molecule has 26 heavy (non-hydrogen) atoms. The van der Waals surface area contributed by atoms with E-state index in [1.54, 1.807) is 24.2 Å². The summed E-state index contributed by atoms with van der Waals surface area (Å²) in [7, 11) is 1.56. The number of hydrogen-bond acceptors (Lipinski definition) is 5. The molecule has 1 aliphatic heterocycles. The van der Waals surface area contributed by atoms with Crippen LogP contribution < -0.4 is 10.1 Å². The number of rotatable bonds is 7. The van der Waals surface area contributed by atoms with Gasteiger partial charge < -0.3 is 20.1 Å². The molecule has 0 atom stereocenters. The molecule has 142 valence electrons. The first kappa shape index (κ1) is 20.1. The number of aryl methyl sites for hydroxylation is 1. The highest BCUT2D eigenvalue weighted by atomic mass is 35.5. The molecule has 0 aromatic heterocycles. The first-order valence-corrected chi connectivity index (χ1v) is 8.76. The molecule has 0 unspecified atom stereocenters. The smallest absolute Gasteiger partial charge is 0.328 e. The number of hydrogen-bond donors (Lipinski definition) is 2. The maximum atomic E-state index is 12.4. The van der Waals surface area contributed by atoms with Crippen LogP contribution in [0, 0.1) is 6.92 Å². The third-order valence-electron chi connectivity index (χ3n) is 4.26. The largest absolute Gasteiger partial charge is 0.495 e. The first-order valence-electron chi connectivity index (χ1n) is 8.38. The molecule has 8 heteroatoms. The van der Waals surface area contributed by atoms with Gasteiger partial charge in [0, 0.05) is 49.9 Å². The molecule has 1 heterocycles. The van der Waals surface area contributed by atoms with Gasteiger partial charge >= 0.3 is 5.97 Å². The minimum absolute atomic E-state index is 0.0142. The van der Waals surface area contributed by atoms with Crippen molar-refractivity contribution in [2.24, 2.45) is 0 Å². The summed E-state index contributed by atoms with van der Waals surface area (Å²) in [6, 6.07) is 3.59. The Labute approximate surface area is 158 Å². The third kappa shape index (κ3) is 5.64. The number of nitrogens with zero attached hydrogens (tertiary/aromatic N) is 2. The summed E-state index contributed by atoms with van der Waals surface area (Å²) >= 11 is 6.09. The van der Waals surface area contributed by atoms with Crippen molar-refractivity contribution in [2.75, 3.05) is 51.7 Å². The number of carboxylic acid groups (broad SMARTS) is 1. The van der Waals surface area contributed by atoms with Crippen LogP contribution in [0.3, 0.4) is 0 Å². The lowest BCUT2D eigenvalue weighted by Gasteiger charge is -2.34. The molecule has 1 aliphatic rings. The van der Waals surface area contributed by atoms with Crippen LogP contribution in [0.15, 0.2) is 24.3 Å². The summed E-state index contributed by atoms with van der Waals surface area (Å²) in [4.78, 5) is 26.8. The maximum absolute atomic E-state index is 12.4. The molecule has 1 aromatic carbocycles. The second-order valence-corrected chi connectivity index (χ2v) is 6.48. The minimum Gasteiger partial charge on any atom is -0.495 e. The Bertz CT molecular complexity index is 685. The number of nitrogens with one attached hydrogen (secondary N) is 1. The number of benzene rings is 1. The van der Waals surface area contributed by atoms with Crippen LogP contribution in [0.1, 0.15) is 5.56 Å². The van der Waals surface area contributed by atoms with Crippen LogP contribution in [-0.2, 0) is 9.59 Å². The number of aliphatic carboxylic acids is 1. The van der Waals surface area contributed by atoms with Crippen molar-refractivity contribution < 1.29 is 19.4 Å². The van der Waals surface area contributed by atoms with E-state index in [-0.39, 0.29) is 12.5 Å². The molecule has 2 N–H and O–H groups in total. The van der Waals surface area contributed by atoms with E-state index in [1.807, 2.05) is 13.0 Å². The van der Waals surface area contributed by atoms with Gasteiger partial charge in [0.25, 0.3) is 0 Å². The predicted octanol–water partition coefficient (Wildman–Crippen LogP) is 1.85. The van der Waals surface area contributed by atoms with Gasteiger partial charge in [0.2, 0.25) is 5.91 Å². The average Bonchev–Trinajstić information content (AvgIpc) is 2.62. The number of carbonyl (C=O) groups is 2. The number of amides is 1. The van der Waals surface area contributed by atoms with Crippen molar-refractivity contribution >= 4 is 29.2 Å². The van der Waals surface area contributed by atoms with Gasteiger partial charge in [-0.1, -0.05) is 17.7 Å². The average molecular weight is 382 g/mol. The highest BCUT2D eigenvalue weighted by Crippen LogP contribution is 2.30. The van der Waals surface area contributed by atoms with Gasteiger partial charge in [0.05, 0.1) is 19.3 Å². The van der Waals surface area contributed by atoms with Gasteiger partial charge in [0.1, 0.15) is 5.75 Å². The normalized spacial score (nSPS) is 15.3. The summed E-state index contributed by atoms with van der Waals surface area (Å²) in [6.45, 7) is 5.34. The summed E-state index contributed by atoms with van der Waals surface area (Å²) in [5.41, 5.74) is 1.64. The summed E-state index contributed by atoms with van der Waals surface area (Å²) < 4.78 is 5.30. The van der Waals surface area contributed by atoms with Crippen molar-refractivity contribution in [1.82, 2.24) is 9.80 Å². The molecule has 0 saturated carbocycles. The summed E-state index contributed by atoms with van der Waals surface area (Å²) in [5.74, 6) is -0.332. The number of halogens is 1. The molecule has 2 rings (SSSR count). The number of anilines is 1. The monoisotopic (exact) mass is 381 g/mol. The van der Waals surface area contributed by atoms with Gasteiger partial charge in [-0.15, -0.1) is 0 Å². The van der Waals surface area contributed by atoms with Gasteiger partial charge in [-0.3, -0.25) is 9.69 Å². The molecule has 0 radical (unpaired) electrons. The van der Waals surface area contributed by atoms with Gasteiger partial charge in [-0.25, -0.2) is 4.79 Å². The lowest BCUT2D eigenvalue weighted by atomic mass is 10.2. The Balaban J connectivity index is 1.83. The van der Waals surface area contributed by atoms with E-state index in [0.717, 1.165) is 30.4 Å². The molecule has 0 bridgehead atoms. The Morgan fingerprint density at radius 2 is 2.00 bits per heavy atom. The number of carboxylic acids is 1. The maximum Gasteiger partial charge on any atom is 0.328 e. The standard InChI is InChI=1S/C18H24ClN3O4/c1-13-10-15(16(26-2)11-14(13)19)20-12-17(23)22-8-6-21(7-9-22)5-3-4-18(24)25/h3-4,10-11,20H,5-9,12H2,1-2H3,(H,24,25)/b4-3+. The minimum atomic E-state index is -0.947. The molecule has 1 amide bonds. The Kier molecular flexibility index (Phi) is 7.29. The molecule has 1 fully saturated rings. The van der Waals surface area contributed by atoms with Gasteiger partial charge in [0.15, 0.2) is 0 Å². The van der Waals surface area contributed by atoms with E-state index < -0.39 is 5.97 Å². The van der Waals surface area contributed by atoms with E-state index in [4.69, 9.17) is 21.4 Å². The summed E-state index contributed by atoms with van der Waals surface area (Å²) in [5, 5.41) is 12.3. The third-order valence-corrected chi connectivity index (χ3v) is 4.67. The van der Waals surface area contributed by atoms with Crippen LogP contribution in [0.4, 0.5) is 5.69 Å². The quantitative estimate of drug-likeness (QED) is 0.701. The zero-order valence-corrected chi connectivity index (χ0v) is 15.8. The zero-order chi connectivity index (χ0) is 19.1. The lowest BCUT2D eigenvalue weighted by molar-refractivity contribution is -0.131. The number of piperazine rings is 1. The second-order valence-electron chi connectivity index (χ2n) is 6.08. The van der Waals surface area contributed by atoms with E-state index in [2.05, 4.69) is 10.2 Å². The van der Waals surface area contributed by atoms with Crippen molar-refractivity contribution in [2.45, 2.75) is 6.92 Å². The molecular formula is C18H24ClN3O4. The van der Waals surface area contributed by atoms with Gasteiger partial charge in [-0.05, 0) is 18.6 Å². The fourth-order valence-corrected chi connectivity index (χ4v) is 2.89. The topological polar surface area (TPSA) is 82.1 Å². The van der Waals surface area contributed by atoms with Crippen molar-refractivity contribution in [1.29, 1.82) is 0 Å². The van der Waals surface area contributed by atoms with E-state index in [9.17, 15) is 9.59 Å². The van der Waals surface area contributed by atoms with Crippen molar-refractivity contribution in [3.63, 3.8) is 0 Å². The van der Waals surface area contributed by atoms with Crippen LogP contribution in [-0.4, -0.2) is 73.2 Å². The molecule has 7 nitrogen and oxygen atoms in total. The number of carbonyl (C=O) groups excluding carboxylic acids is 1. The predicted molar refractivity (Wildman–Crippen MR) is 101 cm³/mol. The van der Waals surface area contributed by atoms with E-state index >= 15 is 0 Å². The summed E-state index contributed by atoms with van der Waals surface area (Å²) in [6.07, 6.45) is 2.76. The van der Waals surface area contributed by atoms with Crippen LogP contribution in [0.2, 0.25) is 5.02 Å². The Morgan fingerprint density at radius 3 is 2.62 bits per heavy atom. The lowest BCUT2D eigenvalue weighted by Crippen LogP contribution is -2.50. The first-order chi connectivity index (χ1) is 12.4. The Hall–Kier alpha value is -2.25. The number of ether oxygens (including phenoxy) is 1. The second kappa shape index (κ2) is 9.45.